The van der Waals surface area contributed by atoms with Gasteiger partial charge in [-0.15, -0.1) is 0 Å². The molecule has 0 aliphatic carbocycles. The van der Waals surface area contributed by atoms with E-state index in [2.05, 4.69) is 86.0 Å². The van der Waals surface area contributed by atoms with E-state index in [1.807, 2.05) is 0 Å². The molecule has 6 heteroatoms. The number of hydrogen-bond acceptors (Lipinski definition) is 6. The van der Waals surface area contributed by atoms with Crippen LogP contribution in [0.4, 0.5) is 0 Å². The molecular formula is C40H50O6. The highest BCUT2D eigenvalue weighted by atomic mass is 16.5. The summed E-state index contributed by atoms with van der Waals surface area (Å²) >= 11 is 0. The van der Waals surface area contributed by atoms with E-state index >= 15 is 0 Å². The topological polar surface area (TPSA) is 71.1 Å². The number of aryl methyl sites for hydroxylation is 4. The molecule has 0 heterocycles. The Balaban J connectivity index is 1.24. The second kappa shape index (κ2) is 22.2. The van der Waals surface area contributed by atoms with E-state index in [1.54, 1.807) is 0 Å². The normalized spacial score (nSPS) is 10.6. The zero-order valence-electron chi connectivity index (χ0n) is 27.3. The molecule has 3 rings (SSSR count). The van der Waals surface area contributed by atoms with Gasteiger partial charge in [0.25, 0.3) is 0 Å². The third-order valence-electron chi connectivity index (χ3n) is 7.71. The Hall–Kier alpha value is -4.32. The highest BCUT2D eigenvalue weighted by Gasteiger charge is 2.02. The van der Waals surface area contributed by atoms with Crippen molar-refractivity contribution < 1.29 is 28.5 Å². The molecule has 0 aromatic heterocycles. The van der Waals surface area contributed by atoms with E-state index in [1.165, 1.54) is 34.4 Å². The average Bonchev–Trinajstić information content (AvgIpc) is 3.09. The third kappa shape index (κ3) is 15.6. The van der Waals surface area contributed by atoms with Crippen LogP contribution in [0.15, 0.2) is 98.1 Å². The Morgan fingerprint density at radius 3 is 1.02 bits per heavy atom. The maximum absolute atomic E-state index is 11.0. The van der Waals surface area contributed by atoms with Crippen LogP contribution >= 0.6 is 0 Å². The van der Waals surface area contributed by atoms with Crippen molar-refractivity contribution in [1.82, 2.24) is 0 Å². The monoisotopic (exact) mass is 626 g/mol. The standard InChI is InChI=1S/C40H50O6/c1-3-39(41)45-31-11-7-5-9-29-43-37-25-21-35(22-26-37)19-17-33-13-15-34(16-14-33)18-20-36-23-27-38(28-24-36)44-30-10-6-8-12-32-46-40(42)4-2/h3-4,13-16,21-28H,1-2,5-12,17-20,29-32H2. The Labute approximate surface area is 275 Å². The Morgan fingerprint density at radius 2 is 0.717 bits per heavy atom. The molecule has 0 spiro atoms. The van der Waals surface area contributed by atoms with Crippen molar-refractivity contribution in [2.45, 2.75) is 77.0 Å². The lowest BCUT2D eigenvalue weighted by molar-refractivity contribution is -0.138. The van der Waals surface area contributed by atoms with Gasteiger partial charge in [-0.25, -0.2) is 9.59 Å². The predicted octanol–water partition coefficient (Wildman–Crippen LogP) is 8.59. The van der Waals surface area contributed by atoms with Crippen molar-refractivity contribution in [2.75, 3.05) is 26.4 Å². The minimum atomic E-state index is -0.356. The van der Waals surface area contributed by atoms with E-state index in [4.69, 9.17) is 18.9 Å². The number of esters is 2. The van der Waals surface area contributed by atoms with Crippen molar-refractivity contribution in [3.05, 3.63) is 120 Å². The largest absolute Gasteiger partial charge is 0.494 e. The summed E-state index contributed by atoms with van der Waals surface area (Å²) in [7, 11) is 0. The first kappa shape index (κ1) is 36.2. The molecular weight excluding hydrogens is 576 g/mol. The molecule has 3 aromatic rings. The van der Waals surface area contributed by atoms with Crippen LogP contribution < -0.4 is 9.47 Å². The minimum absolute atomic E-state index is 0.356. The van der Waals surface area contributed by atoms with Crippen LogP contribution in [0.25, 0.3) is 0 Å². The van der Waals surface area contributed by atoms with Crippen LogP contribution in [0.5, 0.6) is 11.5 Å². The lowest BCUT2D eigenvalue weighted by atomic mass is 10.0. The van der Waals surface area contributed by atoms with Gasteiger partial charge >= 0.3 is 11.9 Å². The van der Waals surface area contributed by atoms with E-state index in [9.17, 15) is 9.59 Å². The minimum Gasteiger partial charge on any atom is -0.494 e. The Kier molecular flexibility index (Phi) is 17.5. The van der Waals surface area contributed by atoms with Crippen molar-refractivity contribution >= 4 is 11.9 Å². The average molecular weight is 627 g/mol. The fourth-order valence-electron chi connectivity index (χ4n) is 4.91. The van der Waals surface area contributed by atoms with Crippen LogP contribution in [0.3, 0.4) is 0 Å². The lowest BCUT2D eigenvalue weighted by Crippen LogP contribution is -2.02. The van der Waals surface area contributed by atoms with Crippen molar-refractivity contribution in [2.24, 2.45) is 0 Å². The number of unbranched alkanes of at least 4 members (excludes halogenated alkanes) is 6. The molecule has 0 unspecified atom stereocenters. The predicted molar refractivity (Wildman–Crippen MR) is 184 cm³/mol. The molecule has 0 amide bonds. The summed E-state index contributed by atoms with van der Waals surface area (Å²) in [5.74, 6) is 1.10. The number of hydrogen-bond donors (Lipinski definition) is 0. The lowest BCUT2D eigenvalue weighted by Gasteiger charge is -2.09. The summed E-state index contributed by atoms with van der Waals surface area (Å²) in [6.45, 7) is 9.07. The van der Waals surface area contributed by atoms with Gasteiger partial charge in [0.2, 0.25) is 0 Å². The zero-order valence-corrected chi connectivity index (χ0v) is 27.3. The third-order valence-corrected chi connectivity index (χ3v) is 7.71. The van der Waals surface area contributed by atoms with E-state index < -0.39 is 0 Å². The van der Waals surface area contributed by atoms with Gasteiger partial charge in [0.15, 0.2) is 0 Å². The molecule has 0 atom stereocenters. The molecule has 0 N–H and O–H groups in total. The molecule has 0 aliphatic rings. The fourth-order valence-corrected chi connectivity index (χ4v) is 4.91. The smallest absolute Gasteiger partial charge is 0.330 e. The molecule has 3 aromatic carbocycles. The second-order valence-corrected chi connectivity index (χ2v) is 11.4. The first-order chi connectivity index (χ1) is 22.6. The van der Waals surface area contributed by atoms with E-state index in [0.717, 1.165) is 88.5 Å². The zero-order chi connectivity index (χ0) is 32.7. The number of carbonyl (C=O) groups is 2. The van der Waals surface area contributed by atoms with Crippen LogP contribution in [-0.2, 0) is 44.7 Å². The highest BCUT2D eigenvalue weighted by Crippen LogP contribution is 2.18. The molecule has 46 heavy (non-hydrogen) atoms. The number of benzene rings is 3. The second-order valence-electron chi connectivity index (χ2n) is 11.4. The van der Waals surface area contributed by atoms with Crippen molar-refractivity contribution in [3.63, 3.8) is 0 Å². The summed E-state index contributed by atoms with van der Waals surface area (Å²) in [4.78, 5) is 22.0. The van der Waals surface area contributed by atoms with Gasteiger partial charge < -0.3 is 18.9 Å². The van der Waals surface area contributed by atoms with Gasteiger partial charge in [0.1, 0.15) is 11.5 Å². The summed E-state index contributed by atoms with van der Waals surface area (Å²) in [5.41, 5.74) is 5.31. The van der Waals surface area contributed by atoms with Crippen LogP contribution in [0.1, 0.15) is 73.6 Å². The molecule has 0 bridgehead atoms. The molecule has 0 aliphatic heterocycles. The van der Waals surface area contributed by atoms with Gasteiger partial charge in [-0.05, 0) is 124 Å². The molecule has 246 valence electrons. The maximum atomic E-state index is 11.0. The maximum Gasteiger partial charge on any atom is 0.330 e. The number of rotatable bonds is 24. The van der Waals surface area contributed by atoms with Crippen LogP contribution in [0.2, 0.25) is 0 Å². The Morgan fingerprint density at radius 1 is 0.435 bits per heavy atom. The summed E-state index contributed by atoms with van der Waals surface area (Å²) in [6, 6.07) is 25.9. The van der Waals surface area contributed by atoms with Gasteiger partial charge in [0, 0.05) is 12.2 Å². The van der Waals surface area contributed by atoms with Gasteiger partial charge in [-0.3, -0.25) is 0 Å². The highest BCUT2D eigenvalue weighted by molar-refractivity contribution is 5.81. The summed E-state index contributed by atoms with van der Waals surface area (Å²) < 4.78 is 21.7. The van der Waals surface area contributed by atoms with E-state index in [0.29, 0.717) is 26.4 Å². The SMILES string of the molecule is C=CC(=O)OCCCCCCOc1ccc(CCc2ccc(CCc3ccc(OCCCCCCOC(=O)C=C)cc3)cc2)cc1. The first-order valence-corrected chi connectivity index (χ1v) is 16.7. The quantitative estimate of drug-likeness (QED) is 0.0563. The molecule has 6 nitrogen and oxygen atoms in total. The molecule has 0 saturated heterocycles. The summed E-state index contributed by atoms with van der Waals surface area (Å²) in [5, 5.41) is 0. The fraction of sp³-hybridized carbons (Fsp3) is 0.400. The van der Waals surface area contributed by atoms with E-state index in [-0.39, 0.29) is 11.9 Å². The molecule has 0 saturated carbocycles. The first-order valence-electron chi connectivity index (χ1n) is 16.7. The van der Waals surface area contributed by atoms with Gasteiger partial charge in [-0.2, -0.15) is 0 Å². The van der Waals surface area contributed by atoms with Gasteiger partial charge in [-0.1, -0.05) is 61.7 Å². The van der Waals surface area contributed by atoms with Crippen LogP contribution in [-0.4, -0.2) is 38.4 Å². The van der Waals surface area contributed by atoms with Crippen molar-refractivity contribution in [3.8, 4) is 11.5 Å². The van der Waals surface area contributed by atoms with Crippen molar-refractivity contribution in [1.29, 1.82) is 0 Å². The van der Waals surface area contributed by atoms with Crippen LogP contribution in [0, 0.1) is 0 Å². The molecule has 0 radical (unpaired) electrons. The summed E-state index contributed by atoms with van der Waals surface area (Å²) in [6.07, 6.45) is 14.2. The Bertz CT molecular complexity index is 1190. The molecule has 0 fully saturated rings. The number of ether oxygens (including phenoxy) is 4. The van der Waals surface area contributed by atoms with Gasteiger partial charge in [0.05, 0.1) is 26.4 Å². The number of carbonyl (C=O) groups excluding carboxylic acids is 2.